The maximum absolute atomic E-state index is 2.39. The molecule has 4 bridgehead atoms. The van der Waals surface area contributed by atoms with Gasteiger partial charge in [-0.15, -0.1) is 0 Å². The van der Waals surface area contributed by atoms with Crippen molar-refractivity contribution >= 4 is 11.4 Å². The van der Waals surface area contributed by atoms with Gasteiger partial charge in [-0.1, -0.05) is 58.7 Å². The first-order chi connectivity index (χ1) is 16.3. The van der Waals surface area contributed by atoms with Crippen molar-refractivity contribution in [2.75, 3.05) is 23.9 Å². The Hall–Kier alpha value is -3.52. The van der Waals surface area contributed by atoms with Crippen LogP contribution in [-0.4, -0.2) is 14.1 Å². The summed E-state index contributed by atoms with van der Waals surface area (Å²) in [6.07, 6.45) is 0. The lowest BCUT2D eigenvalue weighted by Gasteiger charge is -2.27. The topological polar surface area (TPSA) is 6.48 Å². The van der Waals surface area contributed by atoms with Gasteiger partial charge in [-0.05, 0) is 86.3 Å². The molecular formula is C32H34N2. The van der Waals surface area contributed by atoms with E-state index < -0.39 is 0 Å². The molecule has 2 nitrogen and oxygen atoms in total. The molecule has 0 saturated heterocycles. The van der Waals surface area contributed by atoms with Crippen molar-refractivity contribution in [1.82, 2.24) is 0 Å². The van der Waals surface area contributed by atoms with Crippen LogP contribution >= 0.6 is 0 Å². The molecule has 0 atom stereocenters. The standard InChI is InChI=1S/C32H34N2/c1-21-7-9-31-29(15-21)27-13-23(3)11-25(17-27)20-34(6)32-10-8-22(2)16-30(32)28-14-24(4)12-26(18-28)19-33(31)5/h7-18H,19-20H2,1-6H3. The molecule has 0 N–H and O–H groups in total. The first-order valence-electron chi connectivity index (χ1n) is 12.1. The summed E-state index contributed by atoms with van der Waals surface area (Å²) in [5.41, 5.74) is 15.6. The van der Waals surface area contributed by atoms with Gasteiger partial charge >= 0.3 is 0 Å². The van der Waals surface area contributed by atoms with Crippen LogP contribution in [0.4, 0.5) is 11.4 Å². The molecule has 0 aromatic heterocycles. The zero-order valence-electron chi connectivity index (χ0n) is 21.2. The molecule has 0 saturated carbocycles. The van der Waals surface area contributed by atoms with E-state index in [0.29, 0.717) is 0 Å². The summed E-state index contributed by atoms with van der Waals surface area (Å²) in [6, 6.07) is 27.7. The Morgan fingerprint density at radius 1 is 0.471 bits per heavy atom. The molecule has 0 aliphatic carbocycles. The van der Waals surface area contributed by atoms with Crippen LogP contribution in [-0.2, 0) is 13.1 Å². The molecule has 0 radical (unpaired) electrons. The van der Waals surface area contributed by atoms with Gasteiger partial charge in [-0.2, -0.15) is 0 Å². The van der Waals surface area contributed by atoms with Crippen LogP contribution in [0.5, 0.6) is 0 Å². The van der Waals surface area contributed by atoms with Gasteiger partial charge in [-0.25, -0.2) is 0 Å². The van der Waals surface area contributed by atoms with Gasteiger partial charge in [0, 0.05) is 49.7 Å². The fraction of sp³-hybridized carbons (Fsp3) is 0.250. The molecule has 0 fully saturated rings. The highest BCUT2D eigenvalue weighted by Gasteiger charge is 2.16. The number of fused-ring (bicyclic) bond motifs is 8. The van der Waals surface area contributed by atoms with Gasteiger partial charge < -0.3 is 9.80 Å². The van der Waals surface area contributed by atoms with Gasteiger partial charge in [-0.3, -0.25) is 0 Å². The molecule has 0 unspecified atom stereocenters. The average molecular weight is 447 g/mol. The summed E-state index contributed by atoms with van der Waals surface area (Å²) in [5.74, 6) is 0. The van der Waals surface area contributed by atoms with Gasteiger partial charge in [0.25, 0.3) is 0 Å². The minimum Gasteiger partial charge on any atom is -0.370 e. The first kappa shape index (κ1) is 22.3. The van der Waals surface area contributed by atoms with Crippen molar-refractivity contribution in [2.45, 2.75) is 40.8 Å². The lowest BCUT2D eigenvalue weighted by Crippen LogP contribution is -2.19. The maximum Gasteiger partial charge on any atom is 0.0446 e. The molecule has 34 heavy (non-hydrogen) atoms. The van der Waals surface area contributed by atoms with E-state index >= 15 is 0 Å². The van der Waals surface area contributed by atoms with Crippen LogP contribution in [0.3, 0.4) is 0 Å². The Balaban J connectivity index is 1.77. The van der Waals surface area contributed by atoms with Gasteiger partial charge in [0.2, 0.25) is 0 Å². The van der Waals surface area contributed by atoms with Crippen LogP contribution in [0.1, 0.15) is 33.4 Å². The number of hydrogen-bond acceptors (Lipinski definition) is 2. The Kier molecular flexibility index (Phi) is 5.69. The number of aryl methyl sites for hydroxylation is 4. The van der Waals surface area contributed by atoms with Crippen LogP contribution in [0, 0.1) is 27.7 Å². The molecule has 0 spiro atoms. The summed E-state index contributed by atoms with van der Waals surface area (Å²) in [6.45, 7) is 10.5. The average Bonchev–Trinajstić information content (AvgIpc) is 2.77. The Morgan fingerprint density at radius 3 is 1.29 bits per heavy atom. The van der Waals surface area contributed by atoms with Gasteiger partial charge in [0.15, 0.2) is 0 Å². The predicted octanol–water partition coefficient (Wildman–Crippen LogP) is 7.84. The molecule has 2 heteroatoms. The number of anilines is 2. The largest absolute Gasteiger partial charge is 0.370 e. The minimum absolute atomic E-state index is 0.862. The second kappa shape index (κ2) is 8.68. The monoisotopic (exact) mass is 446 g/mol. The molecule has 4 aromatic rings. The molecule has 1 aliphatic heterocycles. The summed E-state index contributed by atoms with van der Waals surface area (Å²) in [4.78, 5) is 4.79. The van der Waals surface area contributed by atoms with Gasteiger partial charge in [0.1, 0.15) is 0 Å². The quantitative estimate of drug-likeness (QED) is 0.271. The van der Waals surface area contributed by atoms with E-state index in [1.165, 1.54) is 67.0 Å². The highest BCUT2D eigenvalue weighted by atomic mass is 15.1. The number of rotatable bonds is 0. The highest BCUT2D eigenvalue weighted by molar-refractivity contribution is 5.82. The van der Waals surface area contributed by atoms with Crippen LogP contribution in [0.15, 0.2) is 72.8 Å². The van der Waals surface area contributed by atoms with E-state index in [4.69, 9.17) is 0 Å². The van der Waals surface area contributed by atoms with Crippen molar-refractivity contribution in [3.05, 3.63) is 106 Å². The summed E-state index contributed by atoms with van der Waals surface area (Å²) < 4.78 is 0. The molecule has 5 rings (SSSR count). The molecule has 0 amide bonds. The minimum atomic E-state index is 0.862. The zero-order chi connectivity index (χ0) is 24.0. The van der Waals surface area contributed by atoms with Crippen LogP contribution in [0.25, 0.3) is 22.3 Å². The summed E-state index contributed by atoms with van der Waals surface area (Å²) in [5, 5.41) is 0. The lowest BCUT2D eigenvalue weighted by atomic mass is 9.94. The normalized spacial score (nSPS) is 13.2. The lowest BCUT2D eigenvalue weighted by molar-refractivity contribution is 0.915. The van der Waals surface area contributed by atoms with Crippen molar-refractivity contribution in [3.63, 3.8) is 0 Å². The molecule has 172 valence electrons. The third kappa shape index (κ3) is 4.33. The van der Waals surface area contributed by atoms with Crippen LogP contribution < -0.4 is 9.80 Å². The van der Waals surface area contributed by atoms with E-state index in [-0.39, 0.29) is 0 Å². The fourth-order valence-electron chi connectivity index (χ4n) is 5.36. The second-order valence-corrected chi connectivity index (χ2v) is 10.2. The van der Waals surface area contributed by atoms with Gasteiger partial charge in [0.05, 0.1) is 0 Å². The summed E-state index contributed by atoms with van der Waals surface area (Å²) >= 11 is 0. The van der Waals surface area contributed by atoms with E-state index in [0.717, 1.165) is 13.1 Å². The van der Waals surface area contributed by atoms with Crippen molar-refractivity contribution in [3.8, 4) is 22.3 Å². The first-order valence-corrected chi connectivity index (χ1v) is 12.1. The van der Waals surface area contributed by atoms with E-state index in [1.54, 1.807) is 0 Å². The Bertz CT molecular complexity index is 1280. The third-order valence-electron chi connectivity index (χ3n) is 6.86. The Labute approximate surface area is 204 Å². The SMILES string of the molecule is Cc1cc2cc(c1)-c1cc(C)ccc1N(C)Cc1cc(C)cc(c1)-c1cc(C)ccc1N(C)C2. The fourth-order valence-corrected chi connectivity index (χ4v) is 5.36. The smallest absolute Gasteiger partial charge is 0.0446 e. The van der Waals surface area contributed by atoms with E-state index in [9.17, 15) is 0 Å². The molecule has 1 aliphatic rings. The number of benzene rings is 4. The Morgan fingerprint density at radius 2 is 0.882 bits per heavy atom. The maximum atomic E-state index is 2.39. The van der Waals surface area contributed by atoms with Crippen LogP contribution in [0.2, 0.25) is 0 Å². The molecule has 4 aromatic carbocycles. The molecular weight excluding hydrogens is 412 g/mol. The van der Waals surface area contributed by atoms with E-state index in [2.05, 4.69) is 124 Å². The number of hydrogen-bond donors (Lipinski definition) is 0. The third-order valence-corrected chi connectivity index (χ3v) is 6.86. The van der Waals surface area contributed by atoms with Crippen molar-refractivity contribution < 1.29 is 0 Å². The predicted molar refractivity (Wildman–Crippen MR) is 147 cm³/mol. The molecule has 1 heterocycles. The van der Waals surface area contributed by atoms with Crippen molar-refractivity contribution in [2.24, 2.45) is 0 Å². The van der Waals surface area contributed by atoms with Crippen molar-refractivity contribution in [1.29, 1.82) is 0 Å². The number of nitrogens with zero attached hydrogens (tertiary/aromatic N) is 2. The highest BCUT2D eigenvalue weighted by Crippen LogP contribution is 2.37. The zero-order valence-corrected chi connectivity index (χ0v) is 21.2. The van der Waals surface area contributed by atoms with E-state index in [1.807, 2.05) is 0 Å². The second-order valence-electron chi connectivity index (χ2n) is 10.2. The summed E-state index contributed by atoms with van der Waals surface area (Å²) in [7, 11) is 4.43.